The van der Waals surface area contributed by atoms with Crippen LogP contribution in [0.4, 0.5) is 14.5 Å². The van der Waals surface area contributed by atoms with Crippen LogP contribution >= 0.6 is 0 Å². The van der Waals surface area contributed by atoms with Crippen LogP contribution in [0.2, 0.25) is 0 Å². The van der Waals surface area contributed by atoms with Crippen LogP contribution < -0.4 is 4.90 Å². The number of ether oxygens (including phenoxy) is 1. The molecule has 0 spiro atoms. The van der Waals surface area contributed by atoms with Crippen LogP contribution in [0.5, 0.6) is 0 Å². The van der Waals surface area contributed by atoms with Gasteiger partial charge in [-0.25, -0.2) is 8.78 Å². The van der Waals surface area contributed by atoms with Crippen LogP contribution in [0, 0.1) is 11.6 Å². The molecule has 30 heavy (non-hydrogen) atoms. The Morgan fingerprint density at radius 3 is 2.27 bits per heavy atom. The molecule has 0 radical (unpaired) electrons. The summed E-state index contributed by atoms with van der Waals surface area (Å²) in [6.45, 7) is 2.63. The molecule has 1 aliphatic heterocycles. The molecule has 8 heteroatoms. The monoisotopic (exact) mass is 413 g/mol. The second kappa shape index (κ2) is 9.04. The Morgan fingerprint density at radius 1 is 0.967 bits per heavy atom. The van der Waals surface area contributed by atoms with E-state index in [0.29, 0.717) is 43.2 Å². The summed E-state index contributed by atoms with van der Waals surface area (Å²) in [5, 5.41) is 3.92. The number of anilines is 1. The second-order valence-corrected chi connectivity index (χ2v) is 7.03. The maximum Gasteiger partial charge on any atom is 0.248 e. The lowest BCUT2D eigenvalue weighted by molar-refractivity contribution is -0.136. The zero-order valence-electron chi connectivity index (χ0n) is 16.3. The van der Waals surface area contributed by atoms with Gasteiger partial charge in [0, 0.05) is 43.5 Å². The van der Waals surface area contributed by atoms with Crippen LogP contribution in [0.25, 0.3) is 11.3 Å². The maximum absolute atomic E-state index is 13.1. The molecule has 156 valence electrons. The summed E-state index contributed by atoms with van der Waals surface area (Å²) in [6, 6.07) is 14.0. The molecule has 0 saturated carbocycles. The zero-order chi connectivity index (χ0) is 20.9. The Kier molecular flexibility index (Phi) is 6.04. The van der Waals surface area contributed by atoms with Crippen molar-refractivity contribution in [2.75, 3.05) is 37.7 Å². The number of amides is 1. The molecule has 6 nitrogen and oxygen atoms in total. The van der Waals surface area contributed by atoms with Gasteiger partial charge in [-0.1, -0.05) is 5.16 Å². The fourth-order valence-corrected chi connectivity index (χ4v) is 3.33. The van der Waals surface area contributed by atoms with Crippen LogP contribution in [0.1, 0.15) is 5.69 Å². The molecule has 2 aromatic carbocycles. The summed E-state index contributed by atoms with van der Waals surface area (Å²) < 4.78 is 36.8. The van der Waals surface area contributed by atoms with E-state index in [0.717, 1.165) is 5.69 Å². The summed E-state index contributed by atoms with van der Waals surface area (Å²) in [5.74, 6) is -0.159. The Hall–Kier alpha value is -3.26. The van der Waals surface area contributed by atoms with Gasteiger partial charge in [-0.15, -0.1) is 0 Å². The number of benzene rings is 2. The first-order valence-corrected chi connectivity index (χ1v) is 9.66. The van der Waals surface area contributed by atoms with Crippen molar-refractivity contribution >= 4 is 11.6 Å². The second-order valence-electron chi connectivity index (χ2n) is 7.03. The predicted molar refractivity (Wildman–Crippen MR) is 107 cm³/mol. The van der Waals surface area contributed by atoms with Crippen molar-refractivity contribution in [3.63, 3.8) is 0 Å². The quantitative estimate of drug-likeness (QED) is 0.619. The van der Waals surface area contributed by atoms with Crippen LogP contribution in [-0.4, -0.2) is 48.7 Å². The first kappa shape index (κ1) is 20.0. The maximum atomic E-state index is 13.1. The SMILES string of the molecule is O=C(COCc1cc(-c2ccc(F)cc2)on1)N1CCN(c2ccc(F)cc2)CC1. The zero-order valence-corrected chi connectivity index (χ0v) is 16.3. The van der Waals surface area contributed by atoms with Crippen molar-refractivity contribution in [3.8, 4) is 11.3 Å². The molecule has 1 fully saturated rings. The van der Waals surface area contributed by atoms with E-state index in [4.69, 9.17) is 9.26 Å². The highest BCUT2D eigenvalue weighted by atomic mass is 19.1. The Morgan fingerprint density at radius 2 is 1.60 bits per heavy atom. The summed E-state index contributed by atoms with van der Waals surface area (Å²) >= 11 is 0. The number of rotatable bonds is 6. The number of nitrogens with zero attached hydrogens (tertiary/aromatic N) is 3. The van der Waals surface area contributed by atoms with E-state index < -0.39 is 0 Å². The average Bonchev–Trinajstić information content (AvgIpc) is 3.24. The number of piperazine rings is 1. The third kappa shape index (κ3) is 4.83. The molecule has 4 rings (SSSR count). The number of carbonyl (C=O) groups excluding carboxylic acids is 1. The molecule has 0 aliphatic carbocycles. The highest BCUT2D eigenvalue weighted by Gasteiger charge is 2.21. The topological polar surface area (TPSA) is 58.8 Å². The van der Waals surface area contributed by atoms with Gasteiger partial charge in [0.05, 0.1) is 6.61 Å². The van der Waals surface area contributed by atoms with E-state index in [1.165, 1.54) is 24.3 Å². The van der Waals surface area contributed by atoms with Gasteiger partial charge in [0.25, 0.3) is 0 Å². The molecule has 0 atom stereocenters. The molecule has 2 heterocycles. The lowest BCUT2D eigenvalue weighted by Gasteiger charge is -2.36. The summed E-state index contributed by atoms with van der Waals surface area (Å²) in [6.07, 6.45) is 0. The third-order valence-corrected chi connectivity index (χ3v) is 4.99. The third-order valence-electron chi connectivity index (χ3n) is 4.99. The van der Waals surface area contributed by atoms with Crippen molar-refractivity contribution in [2.45, 2.75) is 6.61 Å². The smallest absolute Gasteiger partial charge is 0.248 e. The Bertz CT molecular complexity index is 982. The molecule has 0 unspecified atom stereocenters. The van der Waals surface area contributed by atoms with Gasteiger partial charge in [0.2, 0.25) is 5.91 Å². The summed E-state index contributed by atoms with van der Waals surface area (Å²) in [7, 11) is 0. The highest BCUT2D eigenvalue weighted by Crippen LogP contribution is 2.21. The molecule has 0 N–H and O–H groups in total. The number of carbonyl (C=O) groups is 1. The fraction of sp³-hybridized carbons (Fsp3) is 0.273. The molecular weight excluding hydrogens is 392 g/mol. The van der Waals surface area contributed by atoms with E-state index in [9.17, 15) is 13.6 Å². The number of hydrogen-bond acceptors (Lipinski definition) is 5. The van der Waals surface area contributed by atoms with Gasteiger partial charge in [0.1, 0.15) is 23.9 Å². The molecule has 1 amide bonds. The normalized spacial score (nSPS) is 14.2. The van der Waals surface area contributed by atoms with E-state index in [1.807, 2.05) is 0 Å². The lowest BCUT2D eigenvalue weighted by atomic mass is 10.1. The summed E-state index contributed by atoms with van der Waals surface area (Å²) in [5.41, 5.74) is 2.22. The fourth-order valence-electron chi connectivity index (χ4n) is 3.33. The molecule has 3 aromatic rings. The first-order chi connectivity index (χ1) is 14.6. The summed E-state index contributed by atoms with van der Waals surface area (Å²) in [4.78, 5) is 16.3. The Labute approximate surface area is 172 Å². The predicted octanol–water partition coefficient (Wildman–Crippen LogP) is 3.49. The van der Waals surface area contributed by atoms with E-state index >= 15 is 0 Å². The van der Waals surface area contributed by atoms with Gasteiger partial charge >= 0.3 is 0 Å². The molecule has 1 aromatic heterocycles. The molecule has 0 bridgehead atoms. The standard InChI is InChI=1S/C22H21F2N3O3/c23-17-3-1-16(2-4-17)21-13-19(25-30-21)14-29-15-22(28)27-11-9-26(10-12-27)20-7-5-18(24)6-8-20/h1-8,13H,9-12,14-15H2. The highest BCUT2D eigenvalue weighted by molar-refractivity contribution is 5.77. The van der Waals surface area contributed by atoms with E-state index in [2.05, 4.69) is 10.1 Å². The van der Waals surface area contributed by atoms with Crippen molar-refractivity contribution < 1.29 is 22.8 Å². The van der Waals surface area contributed by atoms with Gasteiger partial charge in [-0.3, -0.25) is 4.79 Å². The molecule has 1 aliphatic rings. The average molecular weight is 413 g/mol. The molecule has 1 saturated heterocycles. The minimum Gasteiger partial charge on any atom is -0.368 e. The van der Waals surface area contributed by atoms with Crippen molar-refractivity contribution in [2.24, 2.45) is 0 Å². The van der Waals surface area contributed by atoms with E-state index in [1.54, 1.807) is 35.2 Å². The van der Waals surface area contributed by atoms with Crippen molar-refractivity contribution in [1.29, 1.82) is 0 Å². The van der Waals surface area contributed by atoms with Gasteiger partial charge in [0.15, 0.2) is 5.76 Å². The number of hydrogen-bond donors (Lipinski definition) is 0. The minimum absolute atomic E-state index is 0.0463. The minimum atomic E-state index is -0.321. The van der Waals surface area contributed by atoms with Crippen LogP contribution in [0.15, 0.2) is 59.1 Å². The first-order valence-electron chi connectivity index (χ1n) is 9.66. The largest absolute Gasteiger partial charge is 0.368 e. The van der Waals surface area contributed by atoms with E-state index in [-0.39, 0.29) is 30.8 Å². The van der Waals surface area contributed by atoms with Crippen LogP contribution in [-0.2, 0) is 16.1 Å². The van der Waals surface area contributed by atoms with Crippen molar-refractivity contribution in [1.82, 2.24) is 10.1 Å². The number of halogens is 2. The van der Waals surface area contributed by atoms with Crippen molar-refractivity contribution in [3.05, 3.63) is 71.9 Å². The van der Waals surface area contributed by atoms with Gasteiger partial charge in [-0.2, -0.15) is 0 Å². The number of aromatic nitrogens is 1. The van der Waals surface area contributed by atoms with Crippen LogP contribution in [0.3, 0.4) is 0 Å². The van der Waals surface area contributed by atoms with Gasteiger partial charge in [-0.05, 0) is 48.5 Å². The molecular formula is C22H21F2N3O3. The lowest BCUT2D eigenvalue weighted by Crippen LogP contribution is -2.49. The Balaban J connectivity index is 1.22. The van der Waals surface area contributed by atoms with Gasteiger partial charge < -0.3 is 19.1 Å².